The van der Waals surface area contributed by atoms with Gasteiger partial charge in [-0.1, -0.05) is 0 Å². The zero-order valence-corrected chi connectivity index (χ0v) is 15.1. The lowest BCUT2D eigenvalue weighted by molar-refractivity contribution is -0.119. The third kappa shape index (κ3) is 3.14. The van der Waals surface area contributed by atoms with Gasteiger partial charge in [0.25, 0.3) is 11.8 Å². The maximum Gasteiger partial charge on any atom is 0.321 e. The predicted molar refractivity (Wildman–Crippen MR) is 94.9 cm³/mol. The molecule has 0 atom stereocenters. The molecule has 2 aliphatic heterocycles. The summed E-state index contributed by atoms with van der Waals surface area (Å²) in [5, 5.41) is 2.76. The molecule has 3 rings (SSSR count). The molecule has 0 saturated carbocycles. The fourth-order valence-electron chi connectivity index (χ4n) is 3.16. The summed E-state index contributed by atoms with van der Waals surface area (Å²) in [5.74, 6) is -0.673. The van der Waals surface area contributed by atoms with Crippen LogP contribution in [0.4, 0.5) is 10.5 Å². The number of amides is 5. The van der Waals surface area contributed by atoms with Crippen LogP contribution in [0.2, 0.25) is 0 Å². The average Bonchev–Trinajstić information content (AvgIpc) is 2.85. The fourth-order valence-corrected chi connectivity index (χ4v) is 3.16. The van der Waals surface area contributed by atoms with Gasteiger partial charge in [0.1, 0.15) is 0 Å². The summed E-state index contributed by atoms with van der Waals surface area (Å²) in [5.41, 5.74) is 0.494. The molecule has 5 amide bonds. The zero-order valence-electron chi connectivity index (χ0n) is 15.1. The Labute approximate surface area is 151 Å². The van der Waals surface area contributed by atoms with Gasteiger partial charge in [-0.15, -0.1) is 0 Å². The van der Waals surface area contributed by atoms with E-state index in [9.17, 15) is 19.2 Å². The van der Waals surface area contributed by atoms with Crippen molar-refractivity contribution in [3.63, 3.8) is 0 Å². The SMILES string of the molecule is CC(C)(C)N1C(=O)c2ccc(NC(=O)N3CCN(C=O)CC3)cc2C1=O. The van der Waals surface area contributed by atoms with E-state index >= 15 is 0 Å². The topological polar surface area (TPSA) is 90.0 Å². The molecular formula is C18H22N4O4. The molecule has 0 bridgehead atoms. The number of nitrogens with one attached hydrogen (secondary N) is 1. The molecule has 0 radical (unpaired) electrons. The maximum atomic E-state index is 12.6. The van der Waals surface area contributed by atoms with Crippen molar-refractivity contribution in [3.8, 4) is 0 Å². The van der Waals surface area contributed by atoms with Gasteiger partial charge in [-0.3, -0.25) is 19.3 Å². The van der Waals surface area contributed by atoms with Gasteiger partial charge in [0.15, 0.2) is 0 Å². The standard InChI is InChI=1S/C18H22N4O4/c1-18(2,3)22-15(24)13-5-4-12(10-14(13)16(22)25)19-17(26)21-8-6-20(11-23)7-9-21/h4-5,10-11H,6-9H2,1-3H3,(H,19,26). The normalized spacial score (nSPS) is 17.4. The summed E-state index contributed by atoms with van der Waals surface area (Å²) in [4.78, 5) is 52.7. The molecule has 0 spiro atoms. The van der Waals surface area contributed by atoms with Crippen LogP contribution in [0.15, 0.2) is 18.2 Å². The Bertz CT molecular complexity index is 776. The van der Waals surface area contributed by atoms with E-state index in [1.54, 1.807) is 48.8 Å². The Morgan fingerprint density at radius 1 is 1.04 bits per heavy atom. The van der Waals surface area contributed by atoms with Gasteiger partial charge < -0.3 is 15.1 Å². The average molecular weight is 358 g/mol. The number of hydrogen-bond donors (Lipinski definition) is 1. The van der Waals surface area contributed by atoms with Crippen molar-refractivity contribution in [2.45, 2.75) is 26.3 Å². The Hall–Kier alpha value is -2.90. The number of rotatable bonds is 2. The lowest BCUT2D eigenvalue weighted by Gasteiger charge is -2.32. The van der Waals surface area contributed by atoms with Crippen LogP contribution in [0, 0.1) is 0 Å². The van der Waals surface area contributed by atoms with E-state index in [4.69, 9.17) is 0 Å². The Morgan fingerprint density at radius 3 is 2.23 bits per heavy atom. The van der Waals surface area contributed by atoms with E-state index in [0.717, 1.165) is 6.41 Å². The second kappa shape index (κ2) is 6.44. The largest absolute Gasteiger partial charge is 0.342 e. The zero-order chi connectivity index (χ0) is 19.1. The molecule has 0 aliphatic carbocycles. The minimum Gasteiger partial charge on any atom is -0.342 e. The Balaban J connectivity index is 1.74. The van der Waals surface area contributed by atoms with Gasteiger partial charge >= 0.3 is 6.03 Å². The van der Waals surface area contributed by atoms with Crippen molar-refractivity contribution in [1.82, 2.24) is 14.7 Å². The molecule has 138 valence electrons. The number of anilines is 1. The smallest absolute Gasteiger partial charge is 0.321 e. The second-order valence-electron chi connectivity index (χ2n) is 7.44. The van der Waals surface area contributed by atoms with E-state index in [-0.39, 0.29) is 17.8 Å². The van der Waals surface area contributed by atoms with Crippen LogP contribution < -0.4 is 5.32 Å². The third-order valence-corrected chi connectivity index (χ3v) is 4.56. The highest BCUT2D eigenvalue weighted by Crippen LogP contribution is 2.31. The molecule has 2 heterocycles. The van der Waals surface area contributed by atoms with Crippen molar-refractivity contribution >= 4 is 29.9 Å². The first-order valence-corrected chi connectivity index (χ1v) is 8.50. The van der Waals surface area contributed by atoms with Gasteiger partial charge in [-0.05, 0) is 39.0 Å². The first-order chi connectivity index (χ1) is 12.2. The molecule has 8 nitrogen and oxygen atoms in total. The molecular weight excluding hydrogens is 336 g/mol. The molecule has 8 heteroatoms. The highest BCUT2D eigenvalue weighted by atomic mass is 16.2. The summed E-state index contributed by atoms with van der Waals surface area (Å²) < 4.78 is 0. The number of hydrogen-bond acceptors (Lipinski definition) is 4. The first kappa shape index (κ1) is 17.9. The monoisotopic (exact) mass is 358 g/mol. The maximum absolute atomic E-state index is 12.6. The highest BCUT2D eigenvalue weighted by Gasteiger charge is 2.41. The van der Waals surface area contributed by atoms with Crippen LogP contribution >= 0.6 is 0 Å². The van der Waals surface area contributed by atoms with Crippen LogP contribution in [0.5, 0.6) is 0 Å². The van der Waals surface area contributed by atoms with Gasteiger partial charge in [-0.2, -0.15) is 0 Å². The van der Waals surface area contributed by atoms with E-state index in [1.165, 1.54) is 4.90 Å². The lowest BCUT2D eigenvalue weighted by Crippen LogP contribution is -2.49. The van der Waals surface area contributed by atoms with Crippen molar-refractivity contribution in [2.24, 2.45) is 0 Å². The van der Waals surface area contributed by atoms with Crippen LogP contribution in [0.3, 0.4) is 0 Å². The third-order valence-electron chi connectivity index (χ3n) is 4.56. The van der Waals surface area contributed by atoms with Crippen molar-refractivity contribution < 1.29 is 19.2 Å². The van der Waals surface area contributed by atoms with Gasteiger partial charge in [-0.25, -0.2) is 4.79 Å². The predicted octanol–water partition coefficient (Wildman–Crippen LogP) is 1.39. The number of fused-ring (bicyclic) bond motifs is 1. The minimum absolute atomic E-state index is 0.292. The molecule has 1 aromatic rings. The molecule has 1 N–H and O–H groups in total. The van der Waals surface area contributed by atoms with Crippen LogP contribution in [0.1, 0.15) is 41.5 Å². The Kier molecular flexibility index (Phi) is 4.43. The van der Waals surface area contributed by atoms with Crippen molar-refractivity contribution in [2.75, 3.05) is 31.5 Å². The first-order valence-electron chi connectivity index (χ1n) is 8.50. The molecule has 26 heavy (non-hydrogen) atoms. The van der Waals surface area contributed by atoms with Crippen LogP contribution in [-0.2, 0) is 4.79 Å². The van der Waals surface area contributed by atoms with E-state index in [1.807, 2.05) is 0 Å². The molecule has 1 fully saturated rings. The number of nitrogens with zero attached hydrogens (tertiary/aromatic N) is 3. The Morgan fingerprint density at radius 2 is 1.65 bits per heavy atom. The second-order valence-corrected chi connectivity index (χ2v) is 7.44. The molecule has 0 aromatic heterocycles. The fraction of sp³-hybridized carbons (Fsp3) is 0.444. The number of carbonyl (C=O) groups is 4. The van der Waals surface area contributed by atoms with Gasteiger partial charge in [0.05, 0.1) is 11.1 Å². The van der Waals surface area contributed by atoms with Crippen molar-refractivity contribution in [3.05, 3.63) is 29.3 Å². The highest BCUT2D eigenvalue weighted by molar-refractivity contribution is 6.22. The molecule has 2 aliphatic rings. The summed E-state index contributed by atoms with van der Waals surface area (Å²) in [6, 6.07) is 4.44. The summed E-state index contributed by atoms with van der Waals surface area (Å²) in [7, 11) is 0. The molecule has 0 unspecified atom stereocenters. The van der Waals surface area contributed by atoms with Gasteiger partial charge in [0.2, 0.25) is 6.41 Å². The summed E-state index contributed by atoms with van der Waals surface area (Å²) in [6.45, 7) is 7.29. The van der Waals surface area contributed by atoms with Crippen molar-refractivity contribution in [1.29, 1.82) is 0 Å². The number of benzene rings is 1. The number of piperazine rings is 1. The van der Waals surface area contributed by atoms with E-state index in [2.05, 4.69) is 5.32 Å². The molecule has 1 saturated heterocycles. The molecule has 1 aromatic carbocycles. The quantitative estimate of drug-likeness (QED) is 0.639. The van der Waals surface area contributed by atoms with Crippen LogP contribution in [0.25, 0.3) is 0 Å². The van der Waals surface area contributed by atoms with Crippen LogP contribution in [-0.4, -0.2) is 70.7 Å². The number of imide groups is 1. The summed E-state index contributed by atoms with van der Waals surface area (Å²) in [6.07, 6.45) is 0.777. The number of urea groups is 1. The lowest BCUT2D eigenvalue weighted by atomic mass is 10.1. The van der Waals surface area contributed by atoms with E-state index in [0.29, 0.717) is 43.0 Å². The van der Waals surface area contributed by atoms with Gasteiger partial charge in [0, 0.05) is 37.4 Å². The number of carbonyl (C=O) groups excluding carboxylic acids is 4. The summed E-state index contributed by atoms with van der Waals surface area (Å²) >= 11 is 0. The minimum atomic E-state index is -0.616. The van der Waals surface area contributed by atoms with E-state index < -0.39 is 5.54 Å².